The van der Waals surface area contributed by atoms with Crippen LogP contribution in [0.3, 0.4) is 0 Å². The number of amides is 2. The Labute approximate surface area is 148 Å². The van der Waals surface area contributed by atoms with Crippen LogP contribution in [0.15, 0.2) is 18.3 Å². The highest BCUT2D eigenvalue weighted by atomic mass is 16.5. The summed E-state index contributed by atoms with van der Waals surface area (Å²) in [6.45, 7) is 8.05. The topological polar surface area (TPSA) is 74.8 Å². The molecule has 7 nitrogen and oxygen atoms in total. The average molecular weight is 346 g/mol. The fraction of sp³-hybridized carbons (Fsp3) is 0.611. The Kier molecular flexibility index (Phi) is 5.53. The molecule has 0 bridgehead atoms. The van der Waals surface area contributed by atoms with Crippen molar-refractivity contribution in [3.05, 3.63) is 23.9 Å². The molecular weight excluding hydrogens is 320 g/mol. The highest BCUT2D eigenvalue weighted by Crippen LogP contribution is 2.20. The second kappa shape index (κ2) is 7.82. The number of nitrogens with zero attached hydrogens (tertiary/aromatic N) is 3. The summed E-state index contributed by atoms with van der Waals surface area (Å²) in [5, 5.41) is 2.93. The van der Waals surface area contributed by atoms with Gasteiger partial charge in [0.25, 0.3) is 0 Å². The Hall–Kier alpha value is -2.15. The maximum absolute atomic E-state index is 12.3. The van der Waals surface area contributed by atoms with E-state index in [0.29, 0.717) is 19.5 Å². The largest absolute Gasteiger partial charge is 0.378 e. The number of anilines is 1. The first-order chi connectivity index (χ1) is 12.0. The van der Waals surface area contributed by atoms with Crippen LogP contribution in [-0.4, -0.2) is 60.6 Å². The van der Waals surface area contributed by atoms with Crippen LogP contribution < -0.4 is 10.2 Å². The van der Waals surface area contributed by atoms with Crippen LogP contribution >= 0.6 is 0 Å². The lowest BCUT2D eigenvalue weighted by Crippen LogP contribution is -2.36. The van der Waals surface area contributed by atoms with Gasteiger partial charge in [-0.05, 0) is 25.5 Å². The normalized spacial score (nSPS) is 21.1. The number of pyridine rings is 1. The second-order valence-corrected chi connectivity index (χ2v) is 6.88. The summed E-state index contributed by atoms with van der Waals surface area (Å²) >= 11 is 0. The zero-order valence-electron chi connectivity index (χ0n) is 14.9. The summed E-state index contributed by atoms with van der Waals surface area (Å²) in [6, 6.07) is 4.10. The SMILES string of the molecule is CC(C)N1C[C@@H](C(=O)NCc2ccc(N3CCOCC3)nc2)CC1=O. The zero-order chi connectivity index (χ0) is 17.8. The van der Waals surface area contributed by atoms with Gasteiger partial charge in [0.15, 0.2) is 0 Å². The first-order valence-electron chi connectivity index (χ1n) is 8.89. The van der Waals surface area contributed by atoms with Crippen molar-refractivity contribution in [2.75, 3.05) is 37.7 Å². The highest BCUT2D eigenvalue weighted by molar-refractivity contribution is 5.89. The Balaban J connectivity index is 1.50. The molecule has 1 aromatic heterocycles. The van der Waals surface area contributed by atoms with E-state index < -0.39 is 0 Å². The molecule has 3 rings (SSSR count). The van der Waals surface area contributed by atoms with Crippen LogP contribution in [0, 0.1) is 5.92 Å². The van der Waals surface area contributed by atoms with E-state index in [0.717, 1.165) is 37.7 Å². The zero-order valence-corrected chi connectivity index (χ0v) is 14.9. The van der Waals surface area contributed by atoms with E-state index in [-0.39, 0.29) is 23.8 Å². The number of hydrogen-bond donors (Lipinski definition) is 1. The lowest BCUT2D eigenvalue weighted by atomic mass is 10.1. The summed E-state index contributed by atoms with van der Waals surface area (Å²) in [4.78, 5) is 32.7. The van der Waals surface area contributed by atoms with Gasteiger partial charge in [0, 0.05) is 44.8 Å². The predicted molar refractivity (Wildman–Crippen MR) is 94.1 cm³/mol. The quantitative estimate of drug-likeness (QED) is 0.853. The summed E-state index contributed by atoms with van der Waals surface area (Å²) in [7, 11) is 0. The molecule has 0 spiro atoms. The molecule has 1 atom stereocenters. The predicted octanol–water partition coefficient (Wildman–Crippen LogP) is 0.791. The number of ether oxygens (including phenoxy) is 1. The molecule has 2 aliphatic heterocycles. The van der Waals surface area contributed by atoms with Gasteiger partial charge < -0.3 is 19.9 Å². The lowest BCUT2D eigenvalue weighted by Gasteiger charge is -2.27. The molecule has 1 N–H and O–H groups in total. The number of rotatable bonds is 5. The van der Waals surface area contributed by atoms with Crippen molar-refractivity contribution in [3.63, 3.8) is 0 Å². The molecule has 136 valence electrons. The van der Waals surface area contributed by atoms with Gasteiger partial charge in [-0.15, -0.1) is 0 Å². The summed E-state index contributed by atoms with van der Waals surface area (Å²) in [5.41, 5.74) is 0.954. The molecule has 2 saturated heterocycles. The highest BCUT2D eigenvalue weighted by Gasteiger charge is 2.35. The fourth-order valence-electron chi connectivity index (χ4n) is 3.24. The van der Waals surface area contributed by atoms with Crippen molar-refractivity contribution in [1.29, 1.82) is 0 Å². The third-order valence-electron chi connectivity index (χ3n) is 4.76. The van der Waals surface area contributed by atoms with Crippen LogP contribution in [0.5, 0.6) is 0 Å². The van der Waals surface area contributed by atoms with Gasteiger partial charge in [0.05, 0.1) is 19.1 Å². The molecule has 0 radical (unpaired) electrons. The molecular formula is C18H26N4O3. The first kappa shape index (κ1) is 17.7. The van der Waals surface area contributed by atoms with Crippen molar-refractivity contribution in [2.24, 2.45) is 5.92 Å². The molecule has 25 heavy (non-hydrogen) atoms. The van der Waals surface area contributed by atoms with Gasteiger partial charge in [0.1, 0.15) is 5.82 Å². The molecule has 3 heterocycles. The molecule has 0 aliphatic carbocycles. The minimum absolute atomic E-state index is 0.0613. The second-order valence-electron chi connectivity index (χ2n) is 6.88. The third-order valence-corrected chi connectivity index (χ3v) is 4.76. The molecule has 1 aromatic rings. The standard InChI is InChI=1S/C18H26N4O3/c1-13(2)22-12-15(9-17(22)23)18(24)20-11-14-3-4-16(19-10-14)21-5-7-25-8-6-21/h3-4,10,13,15H,5-9,11-12H2,1-2H3,(H,20,24)/t15-/m0/s1. The van der Waals surface area contributed by atoms with E-state index in [2.05, 4.69) is 15.2 Å². The number of carbonyl (C=O) groups is 2. The number of likely N-dealkylation sites (tertiary alicyclic amines) is 1. The number of aromatic nitrogens is 1. The maximum atomic E-state index is 12.3. The number of nitrogens with one attached hydrogen (secondary N) is 1. The van der Waals surface area contributed by atoms with Gasteiger partial charge in [0.2, 0.25) is 11.8 Å². The molecule has 2 amide bonds. The third kappa shape index (κ3) is 4.28. The minimum atomic E-state index is -0.254. The monoisotopic (exact) mass is 346 g/mol. The number of hydrogen-bond acceptors (Lipinski definition) is 5. The van der Waals surface area contributed by atoms with E-state index in [1.54, 1.807) is 11.1 Å². The summed E-state index contributed by atoms with van der Waals surface area (Å²) in [6.07, 6.45) is 2.10. The van der Waals surface area contributed by atoms with E-state index in [9.17, 15) is 9.59 Å². The first-order valence-corrected chi connectivity index (χ1v) is 8.89. The molecule has 7 heteroatoms. The van der Waals surface area contributed by atoms with Crippen LogP contribution in [0.2, 0.25) is 0 Å². The average Bonchev–Trinajstić information content (AvgIpc) is 3.03. The van der Waals surface area contributed by atoms with E-state index in [1.165, 1.54) is 0 Å². The van der Waals surface area contributed by atoms with Crippen LogP contribution in [0.1, 0.15) is 25.8 Å². The lowest BCUT2D eigenvalue weighted by molar-refractivity contribution is -0.130. The Bertz CT molecular complexity index is 611. The maximum Gasteiger partial charge on any atom is 0.225 e. The van der Waals surface area contributed by atoms with Crippen molar-refractivity contribution in [1.82, 2.24) is 15.2 Å². The smallest absolute Gasteiger partial charge is 0.225 e. The van der Waals surface area contributed by atoms with Gasteiger partial charge in [-0.2, -0.15) is 0 Å². The van der Waals surface area contributed by atoms with Crippen molar-refractivity contribution in [3.8, 4) is 0 Å². The van der Waals surface area contributed by atoms with Gasteiger partial charge in [-0.1, -0.05) is 6.07 Å². The van der Waals surface area contributed by atoms with Crippen LogP contribution in [-0.2, 0) is 20.9 Å². The van der Waals surface area contributed by atoms with Crippen LogP contribution in [0.4, 0.5) is 5.82 Å². The van der Waals surface area contributed by atoms with Crippen molar-refractivity contribution < 1.29 is 14.3 Å². The number of carbonyl (C=O) groups excluding carboxylic acids is 2. The molecule has 0 unspecified atom stereocenters. The van der Waals surface area contributed by atoms with Gasteiger partial charge in [-0.25, -0.2) is 4.98 Å². The summed E-state index contributed by atoms with van der Waals surface area (Å²) in [5.74, 6) is 0.684. The molecule has 0 saturated carbocycles. The number of morpholine rings is 1. The van der Waals surface area contributed by atoms with Crippen LogP contribution in [0.25, 0.3) is 0 Å². The van der Waals surface area contributed by atoms with Gasteiger partial charge in [-0.3, -0.25) is 9.59 Å². The van der Waals surface area contributed by atoms with Crippen molar-refractivity contribution in [2.45, 2.75) is 32.9 Å². The molecule has 0 aromatic carbocycles. The van der Waals surface area contributed by atoms with Crippen molar-refractivity contribution >= 4 is 17.6 Å². The Morgan fingerprint density at radius 1 is 1.36 bits per heavy atom. The van der Waals surface area contributed by atoms with Gasteiger partial charge >= 0.3 is 0 Å². The molecule has 2 fully saturated rings. The minimum Gasteiger partial charge on any atom is -0.378 e. The van der Waals surface area contributed by atoms with E-state index in [4.69, 9.17) is 4.74 Å². The Morgan fingerprint density at radius 2 is 2.12 bits per heavy atom. The van der Waals surface area contributed by atoms with E-state index in [1.807, 2.05) is 26.0 Å². The Morgan fingerprint density at radius 3 is 2.72 bits per heavy atom. The molecule has 2 aliphatic rings. The fourth-order valence-corrected chi connectivity index (χ4v) is 3.24. The summed E-state index contributed by atoms with van der Waals surface area (Å²) < 4.78 is 5.34. The van der Waals surface area contributed by atoms with E-state index >= 15 is 0 Å².